The Bertz CT molecular complexity index is 630. The van der Waals surface area contributed by atoms with Crippen LogP contribution in [0.3, 0.4) is 0 Å². The Hall–Kier alpha value is -1.86. The Morgan fingerprint density at radius 1 is 1.37 bits per heavy atom. The van der Waals surface area contributed by atoms with E-state index in [1.807, 2.05) is 0 Å². The number of nitrogens with zero attached hydrogens (tertiary/aromatic N) is 2. The summed E-state index contributed by atoms with van der Waals surface area (Å²) >= 11 is 0. The lowest BCUT2D eigenvalue weighted by Gasteiger charge is -2.08. The first kappa shape index (κ1) is 13.6. The van der Waals surface area contributed by atoms with Gasteiger partial charge < -0.3 is 10.3 Å². The maximum atomic E-state index is 12.1. The van der Waals surface area contributed by atoms with E-state index in [2.05, 4.69) is 9.71 Å². The summed E-state index contributed by atoms with van der Waals surface area (Å²) in [5, 5.41) is 0. The molecule has 0 saturated heterocycles. The largest absolute Gasteiger partial charge is 0.399 e. The first-order valence-electron chi connectivity index (χ1n) is 5.80. The zero-order valence-corrected chi connectivity index (χ0v) is 11.4. The molecule has 0 bridgehead atoms. The van der Waals surface area contributed by atoms with E-state index >= 15 is 0 Å². The average Bonchev–Trinajstić information content (AvgIpc) is 2.80. The zero-order chi connectivity index (χ0) is 13.9. The lowest BCUT2D eigenvalue weighted by molar-refractivity contribution is 0.572. The lowest BCUT2D eigenvalue weighted by atomic mass is 10.2. The maximum Gasteiger partial charge on any atom is 0.240 e. The highest BCUT2D eigenvalue weighted by atomic mass is 32.2. The molecule has 0 amide bonds. The van der Waals surface area contributed by atoms with E-state index in [4.69, 9.17) is 5.73 Å². The van der Waals surface area contributed by atoms with Crippen LogP contribution in [0, 0.1) is 6.92 Å². The van der Waals surface area contributed by atoms with E-state index in [1.165, 1.54) is 6.07 Å². The molecular weight excluding hydrogens is 264 g/mol. The van der Waals surface area contributed by atoms with Crippen molar-refractivity contribution in [1.29, 1.82) is 0 Å². The summed E-state index contributed by atoms with van der Waals surface area (Å²) in [6.07, 6.45) is 5.06. The van der Waals surface area contributed by atoms with Crippen molar-refractivity contribution in [1.82, 2.24) is 14.3 Å². The molecule has 0 unspecified atom stereocenters. The van der Waals surface area contributed by atoms with E-state index in [-0.39, 0.29) is 4.90 Å². The topological polar surface area (TPSA) is 90.0 Å². The van der Waals surface area contributed by atoms with Crippen LogP contribution in [0.2, 0.25) is 0 Å². The Balaban J connectivity index is 2.05. The van der Waals surface area contributed by atoms with Crippen LogP contribution >= 0.6 is 0 Å². The van der Waals surface area contributed by atoms with Crippen molar-refractivity contribution in [3.05, 3.63) is 42.5 Å². The van der Waals surface area contributed by atoms with Gasteiger partial charge in [-0.05, 0) is 30.7 Å². The number of hydrogen-bond acceptors (Lipinski definition) is 4. The number of nitrogens with two attached hydrogens (primary N) is 1. The van der Waals surface area contributed by atoms with Gasteiger partial charge in [-0.3, -0.25) is 0 Å². The second-order valence-electron chi connectivity index (χ2n) is 4.28. The highest BCUT2D eigenvalue weighted by molar-refractivity contribution is 7.89. The molecule has 0 spiro atoms. The Kier molecular flexibility index (Phi) is 3.87. The van der Waals surface area contributed by atoms with Crippen molar-refractivity contribution in [2.45, 2.75) is 18.4 Å². The highest BCUT2D eigenvalue weighted by Crippen LogP contribution is 2.15. The normalized spacial score (nSPS) is 11.6. The van der Waals surface area contributed by atoms with Crippen LogP contribution in [0.4, 0.5) is 5.69 Å². The molecule has 1 heterocycles. The number of benzene rings is 1. The zero-order valence-electron chi connectivity index (χ0n) is 10.6. The van der Waals surface area contributed by atoms with Crippen molar-refractivity contribution >= 4 is 15.7 Å². The highest BCUT2D eigenvalue weighted by Gasteiger charge is 2.14. The molecular formula is C12H16N4O2S. The van der Waals surface area contributed by atoms with Gasteiger partial charge in [0.2, 0.25) is 10.0 Å². The van der Waals surface area contributed by atoms with E-state index < -0.39 is 10.0 Å². The summed E-state index contributed by atoms with van der Waals surface area (Å²) in [5.41, 5.74) is 6.91. The number of anilines is 1. The molecule has 0 fully saturated rings. The first-order chi connectivity index (χ1) is 8.97. The van der Waals surface area contributed by atoms with Gasteiger partial charge in [-0.25, -0.2) is 18.1 Å². The molecule has 1 aromatic heterocycles. The minimum Gasteiger partial charge on any atom is -0.399 e. The molecule has 6 nitrogen and oxygen atoms in total. The van der Waals surface area contributed by atoms with Gasteiger partial charge in [0.15, 0.2) is 0 Å². The van der Waals surface area contributed by atoms with Crippen molar-refractivity contribution in [2.24, 2.45) is 0 Å². The quantitative estimate of drug-likeness (QED) is 0.791. The molecule has 3 N–H and O–H groups in total. The fourth-order valence-corrected chi connectivity index (χ4v) is 2.90. The van der Waals surface area contributed by atoms with Gasteiger partial charge in [0, 0.05) is 31.2 Å². The lowest BCUT2D eigenvalue weighted by Crippen LogP contribution is -2.27. The predicted molar refractivity (Wildman–Crippen MR) is 73.0 cm³/mol. The summed E-state index contributed by atoms with van der Waals surface area (Å²) in [4.78, 5) is 4.08. The van der Waals surface area contributed by atoms with Crippen molar-refractivity contribution in [3.8, 4) is 0 Å². The van der Waals surface area contributed by atoms with E-state index in [1.54, 1.807) is 42.3 Å². The van der Waals surface area contributed by atoms with Gasteiger partial charge in [0.25, 0.3) is 0 Å². The van der Waals surface area contributed by atoms with E-state index in [0.29, 0.717) is 18.8 Å². The number of nitrogens with one attached hydrogen (secondary N) is 1. The summed E-state index contributed by atoms with van der Waals surface area (Å²) in [6.45, 7) is 2.63. The number of sulfonamides is 1. The second-order valence-corrected chi connectivity index (χ2v) is 6.04. The Morgan fingerprint density at radius 3 is 2.79 bits per heavy atom. The molecule has 102 valence electrons. The fourth-order valence-electron chi connectivity index (χ4n) is 1.74. The summed E-state index contributed by atoms with van der Waals surface area (Å²) in [6, 6.07) is 4.77. The molecule has 2 rings (SSSR count). The molecule has 2 aromatic rings. The van der Waals surface area contributed by atoms with Gasteiger partial charge in [0.05, 0.1) is 11.2 Å². The smallest absolute Gasteiger partial charge is 0.240 e. The van der Waals surface area contributed by atoms with Gasteiger partial charge in [-0.1, -0.05) is 0 Å². The molecule has 1 aromatic carbocycles. The maximum absolute atomic E-state index is 12.1. The first-order valence-corrected chi connectivity index (χ1v) is 7.28. The molecule has 0 atom stereocenters. The van der Waals surface area contributed by atoms with E-state index in [9.17, 15) is 8.42 Å². The van der Waals surface area contributed by atoms with Gasteiger partial charge in [-0.15, -0.1) is 0 Å². The number of aryl methyl sites for hydroxylation is 1. The minimum atomic E-state index is -3.52. The van der Waals surface area contributed by atoms with Crippen LogP contribution in [0.15, 0.2) is 41.8 Å². The Morgan fingerprint density at radius 2 is 2.16 bits per heavy atom. The van der Waals surface area contributed by atoms with Crippen LogP contribution in [0.5, 0.6) is 0 Å². The molecule has 0 saturated carbocycles. The summed E-state index contributed by atoms with van der Waals surface area (Å²) < 4.78 is 28.5. The number of rotatable bonds is 5. The summed E-state index contributed by atoms with van der Waals surface area (Å²) in [7, 11) is -3.52. The standard InChI is InChI=1S/C12H16N4O2S/c1-10-6-11(13)8-12(7-10)19(17,18)15-3-5-16-4-2-14-9-16/h2,4,6-9,15H,3,5,13H2,1H3. The van der Waals surface area contributed by atoms with Gasteiger partial charge >= 0.3 is 0 Å². The van der Waals surface area contributed by atoms with Gasteiger partial charge in [0.1, 0.15) is 0 Å². The van der Waals surface area contributed by atoms with Crippen LogP contribution in [0.25, 0.3) is 0 Å². The van der Waals surface area contributed by atoms with Crippen LogP contribution in [-0.2, 0) is 16.6 Å². The molecule has 0 aliphatic rings. The number of nitrogen functional groups attached to an aromatic ring is 1. The third-order valence-corrected chi connectivity index (χ3v) is 4.05. The fraction of sp³-hybridized carbons (Fsp3) is 0.250. The predicted octanol–water partition coefficient (Wildman–Crippen LogP) is 0.752. The van der Waals surface area contributed by atoms with E-state index in [0.717, 1.165) is 5.56 Å². The van der Waals surface area contributed by atoms with Crippen molar-refractivity contribution < 1.29 is 8.42 Å². The molecule has 0 radical (unpaired) electrons. The monoisotopic (exact) mass is 280 g/mol. The van der Waals surface area contributed by atoms with Crippen LogP contribution in [-0.4, -0.2) is 24.5 Å². The third-order valence-electron chi connectivity index (χ3n) is 2.60. The SMILES string of the molecule is Cc1cc(N)cc(S(=O)(=O)NCCn2ccnc2)c1. The molecule has 7 heteroatoms. The molecule has 0 aliphatic carbocycles. The van der Waals surface area contributed by atoms with Crippen molar-refractivity contribution in [2.75, 3.05) is 12.3 Å². The molecule has 19 heavy (non-hydrogen) atoms. The van der Waals surface area contributed by atoms with Crippen molar-refractivity contribution in [3.63, 3.8) is 0 Å². The number of hydrogen-bond donors (Lipinski definition) is 2. The van der Waals surface area contributed by atoms with Crippen LogP contribution < -0.4 is 10.5 Å². The van der Waals surface area contributed by atoms with Crippen LogP contribution in [0.1, 0.15) is 5.56 Å². The average molecular weight is 280 g/mol. The minimum absolute atomic E-state index is 0.190. The number of imidazole rings is 1. The second kappa shape index (κ2) is 5.41. The molecule has 0 aliphatic heterocycles. The van der Waals surface area contributed by atoms with Gasteiger partial charge in [-0.2, -0.15) is 0 Å². The number of aromatic nitrogens is 2. The summed E-state index contributed by atoms with van der Waals surface area (Å²) in [5.74, 6) is 0. The third kappa shape index (κ3) is 3.55. The Labute approximate surface area is 112 Å².